The lowest BCUT2D eigenvalue weighted by atomic mass is 10.1. The Morgan fingerprint density at radius 2 is 2.11 bits per heavy atom. The van der Waals surface area contributed by atoms with E-state index in [1.165, 1.54) is 0 Å². The Morgan fingerprint density at radius 3 is 2.72 bits per heavy atom. The molecule has 4 nitrogen and oxygen atoms in total. The minimum Gasteiger partial charge on any atom is -0.387 e. The number of carbonyl (C=O) groups excluding carboxylic acids is 1. The van der Waals surface area contributed by atoms with E-state index in [4.69, 9.17) is 0 Å². The van der Waals surface area contributed by atoms with E-state index >= 15 is 0 Å². The van der Waals surface area contributed by atoms with Crippen LogP contribution >= 0.6 is 0 Å². The molecule has 1 aromatic carbocycles. The van der Waals surface area contributed by atoms with Gasteiger partial charge in [-0.2, -0.15) is 0 Å². The smallest absolute Gasteiger partial charge is 0.236 e. The largest absolute Gasteiger partial charge is 0.387 e. The van der Waals surface area contributed by atoms with Gasteiger partial charge in [0.05, 0.1) is 12.6 Å². The maximum Gasteiger partial charge on any atom is 0.236 e. The van der Waals surface area contributed by atoms with Crippen molar-refractivity contribution in [2.75, 3.05) is 20.1 Å². The normalized spacial score (nSPS) is 16.3. The number of hydrogen-bond acceptors (Lipinski definition) is 3. The van der Waals surface area contributed by atoms with Crippen molar-refractivity contribution >= 4 is 5.91 Å². The van der Waals surface area contributed by atoms with E-state index in [1.54, 1.807) is 4.90 Å². The lowest BCUT2D eigenvalue weighted by Crippen LogP contribution is -2.38. The summed E-state index contributed by atoms with van der Waals surface area (Å²) in [5.74, 6) is 0.0951. The number of carbonyl (C=O) groups is 1. The predicted molar refractivity (Wildman–Crippen MR) is 70.1 cm³/mol. The molecule has 1 aliphatic rings. The standard InChI is InChI=1S/C14H20N2O2/c1-16(12-7-8-12)14(18)10-15-9-13(17)11-5-3-2-4-6-11/h2-6,12-13,15,17H,7-10H2,1H3. The van der Waals surface area contributed by atoms with Crippen LogP contribution in [0.5, 0.6) is 0 Å². The zero-order chi connectivity index (χ0) is 13.0. The number of aliphatic hydroxyl groups is 1. The fourth-order valence-corrected chi connectivity index (χ4v) is 1.90. The number of benzene rings is 1. The number of likely N-dealkylation sites (N-methyl/N-ethyl adjacent to an activating group) is 1. The molecule has 4 heteroatoms. The summed E-state index contributed by atoms with van der Waals surface area (Å²) in [4.78, 5) is 13.5. The number of hydrogen-bond donors (Lipinski definition) is 2. The van der Waals surface area contributed by atoms with Crippen molar-refractivity contribution in [3.8, 4) is 0 Å². The van der Waals surface area contributed by atoms with Crippen LogP contribution in [0.25, 0.3) is 0 Å². The molecule has 1 unspecified atom stereocenters. The number of amides is 1. The molecule has 2 rings (SSSR count). The fourth-order valence-electron chi connectivity index (χ4n) is 1.90. The van der Waals surface area contributed by atoms with Gasteiger partial charge in [-0.25, -0.2) is 0 Å². The molecule has 1 aromatic rings. The van der Waals surface area contributed by atoms with E-state index in [9.17, 15) is 9.90 Å². The van der Waals surface area contributed by atoms with E-state index in [0.29, 0.717) is 12.6 Å². The second-order valence-electron chi connectivity index (χ2n) is 4.79. The van der Waals surface area contributed by atoms with Crippen molar-refractivity contribution in [2.45, 2.75) is 25.0 Å². The first-order valence-corrected chi connectivity index (χ1v) is 6.38. The Bertz CT molecular complexity index is 390. The summed E-state index contributed by atoms with van der Waals surface area (Å²) >= 11 is 0. The highest BCUT2D eigenvalue weighted by atomic mass is 16.3. The fraction of sp³-hybridized carbons (Fsp3) is 0.500. The third kappa shape index (κ3) is 3.55. The van der Waals surface area contributed by atoms with E-state index in [-0.39, 0.29) is 12.5 Å². The highest BCUT2D eigenvalue weighted by Gasteiger charge is 2.29. The second kappa shape index (κ2) is 5.98. The van der Waals surface area contributed by atoms with Gasteiger partial charge >= 0.3 is 0 Å². The van der Waals surface area contributed by atoms with Crippen molar-refractivity contribution in [3.63, 3.8) is 0 Å². The molecular formula is C14H20N2O2. The molecule has 1 amide bonds. The van der Waals surface area contributed by atoms with Crippen LogP contribution in [0.3, 0.4) is 0 Å². The topological polar surface area (TPSA) is 52.6 Å². The zero-order valence-electron chi connectivity index (χ0n) is 10.7. The van der Waals surface area contributed by atoms with Gasteiger partial charge in [-0.05, 0) is 18.4 Å². The van der Waals surface area contributed by atoms with Gasteiger partial charge in [-0.3, -0.25) is 4.79 Å². The van der Waals surface area contributed by atoms with Gasteiger partial charge in [0.15, 0.2) is 0 Å². The minimum atomic E-state index is -0.565. The Hall–Kier alpha value is -1.39. The summed E-state index contributed by atoms with van der Waals surface area (Å²) in [5.41, 5.74) is 0.869. The van der Waals surface area contributed by atoms with Crippen LogP contribution < -0.4 is 5.32 Å². The molecule has 1 fully saturated rings. The molecule has 1 aliphatic carbocycles. The van der Waals surface area contributed by atoms with Crippen molar-refractivity contribution in [1.29, 1.82) is 0 Å². The van der Waals surface area contributed by atoms with Crippen molar-refractivity contribution in [2.24, 2.45) is 0 Å². The van der Waals surface area contributed by atoms with Gasteiger partial charge in [0.1, 0.15) is 0 Å². The van der Waals surface area contributed by atoms with Gasteiger partial charge in [0, 0.05) is 19.6 Å². The average molecular weight is 248 g/mol. The summed E-state index contributed by atoms with van der Waals surface area (Å²) in [6.07, 6.45) is 1.68. The van der Waals surface area contributed by atoms with Crippen LogP contribution in [0, 0.1) is 0 Å². The number of nitrogens with zero attached hydrogens (tertiary/aromatic N) is 1. The summed E-state index contributed by atoms with van der Waals surface area (Å²) in [6, 6.07) is 9.90. The molecule has 0 bridgehead atoms. The van der Waals surface area contributed by atoms with Crippen LogP contribution in [0.4, 0.5) is 0 Å². The van der Waals surface area contributed by atoms with Crippen LogP contribution in [0.1, 0.15) is 24.5 Å². The van der Waals surface area contributed by atoms with Crippen LogP contribution in [-0.2, 0) is 4.79 Å². The van der Waals surface area contributed by atoms with Crippen molar-refractivity contribution in [3.05, 3.63) is 35.9 Å². The average Bonchev–Trinajstić information content (AvgIpc) is 3.23. The van der Waals surface area contributed by atoms with Crippen LogP contribution in [0.15, 0.2) is 30.3 Å². The number of aliphatic hydroxyl groups excluding tert-OH is 1. The highest BCUT2D eigenvalue weighted by molar-refractivity contribution is 5.78. The lowest BCUT2D eigenvalue weighted by molar-refractivity contribution is -0.129. The van der Waals surface area contributed by atoms with E-state index < -0.39 is 6.10 Å². The maximum atomic E-state index is 11.7. The van der Waals surface area contributed by atoms with Crippen molar-refractivity contribution < 1.29 is 9.90 Å². The molecule has 1 saturated carbocycles. The summed E-state index contributed by atoms with van der Waals surface area (Å²) in [6.45, 7) is 0.686. The molecule has 18 heavy (non-hydrogen) atoms. The van der Waals surface area contributed by atoms with Gasteiger partial charge < -0.3 is 15.3 Å². The molecular weight excluding hydrogens is 228 g/mol. The summed E-state index contributed by atoms with van der Waals surface area (Å²) in [7, 11) is 1.84. The summed E-state index contributed by atoms with van der Waals surface area (Å²) < 4.78 is 0. The molecule has 0 aliphatic heterocycles. The first-order chi connectivity index (χ1) is 8.68. The third-order valence-corrected chi connectivity index (χ3v) is 3.29. The predicted octanol–water partition coefficient (Wildman–Crippen LogP) is 0.930. The molecule has 1 atom stereocenters. The molecule has 0 heterocycles. The van der Waals surface area contributed by atoms with E-state index in [1.807, 2.05) is 37.4 Å². The Labute approximate surface area is 108 Å². The minimum absolute atomic E-state index is 0.0951. The molecule has 0 spiro atoms. The number of rotatable bonds is 6. The Balaban J connectivity index is 1.70. The summed E-state index contributed by atoms with van der Waals surface area (Å²) in [5, 5.41) is 12.9. The Kier molecular flexibility index (Phi) is 4.33. The number of nitrogens with one attached hydrogen (secondary N) is 1. The van der Waals surface area contributed by atoms with Crippen molar-refractivity contribution in [1.82, 2.24) is 10.2 Å². The molecule has 98 valence electrons. The van der Waals surface area contributed by atoms with Gasteiger partial charge in [-0.15, -0.1) is 0 Å². The molecule has 2 N–H and O–H groups in total. The molecule has 0 saturated heterocycles. The van der Waals surface area contributed by atoms with Crippen LogP contribution in [-0.4, -0.2) is 42.1 Å². The van der Waals surface area contributed by atoms with E-state index in [0.717, 1.165) is 18.4 Å². The first kappa shape index (κ1) is 13.1. The molecule has 0 aromatic heterocycles. The second-order valence-corrected chi connectivity index (χ2v) is 4.79. The van der Waals surface area contributed by atoms with Gasteiger partial charge in [0.25, 0.3) is 0 Å². The monoisotopic (exact) mass is 248 g/mol. The zero-order valence-corrected chi connectivity index (χ0v) is 10.7. The Morgan fingerprint density at radius 1 is 1.44 bits per heavy atom. The van der Waals surface area contributed by atoms with Gasteiger partial charge in [-0.1, -0.05) is 30.3 Å². The maximum absolute atomic E-state index is 11.7. The lowest BCUT2D eigenvalue weighted by Gasteiger charge is -2.17. The highest BCUT2D eigenvalue weighted by Crippen LogP contribution is 2.25. The van der Waals surface area contributed by atoms with E-state index in [2.05, 4.69) is 5.32 Å². The molecule has 0 radical (unpaired) electrons. The quantitative estimate of drug-likeness (QED) is 0.787. The SMILES string of the molecule is CN(C(=O)CNCC(O)c1ccccc1)C1CC1. The van der Waals surface area contributed by atoms with Crippen LogP contribution in [0.2, 0.25) is 0 Å². The van der Waals surface area contributed by atoms with Gasteiger partial charge in [0.2, 0.25) is 5.91 Å². The first-order valence-electron chi connectivity index (χ1n) is 6.38. The third-order valence-electron chi connectivity index (χ3n) is 3.29.